The summed E-state index contributed by atoms with van der Waals surface area (Å²) in [5, 5.41) is 9.44. The molecule has 0 atom stereocenters. The Hall–Kier alpha value is -2.46. The van der Waals surface area contributed by atoms with E-state index >= 15 is 0 Å². The third-order valence-corrected chi connectivity index (χ3v) is 3.14. The molecule has 2 rings (SSSR count). The van der Waals surface area contributed by atoms with Crippen molar-refractivity contribution in [3.63, 3.8) is 0 Å². The molecule has 1 aromatic heterocycles. The molecule has 20 heavy (non-hydrogen) atoms. The van der Waals surface area contributed by atoms with Crippen molar-refractivity contribution in [1.82, 2.24) is 9.97 Å². The first kappa shape index (κ1) is 14.0. The molecule has 0 unspecified atom stereocenters. The maximum atomic E-state index is 8.93. The van der Waals surface area contributed by atoms with Gasteiger partial charge in [-0.1, -0.05) is 23.9 Å². The van der Waals surface area contributed by atoms with E-state index in [9.17, 15) is 0 Å². The summed E-state index contributed by atoms with van der Waals surface area (Å²) in [6, 6.07) is 10.7. The Morgan fingerprint density at radius 2 is 1.90 bits per heavy atom. The second-order valence-corrected chi connectivity index (χ2v) is 4.87. The van der Waals surface area contributed by atoms with Crippen molar-refractivity contribution in [2.45, 2.75) is 5.16 Å². The highest BCUT2D eigenvalue weighted by molar-refractivity contribution is 7.99. The van der Waals surface area contributed by atoms with Crippen LogP contribution in [0.25, 0.3) is 0 Å². The van der Waals surface area contributed by atoms with Crippen LogP contribution in [0, 0.1) is 11.3 Å². The van der Waals surface area contributed by atoms with Gasteiger partial charge in [-0.3, -0.25) is 0 Å². The zero-order valence-corrected chi connectivity index (χ0v) is 11.4. The van der Waals surface area contributed by atoms with Crippen LogP contribution in [-0.2, 0) is 0 Å². The maximum Gasteiger partial charge on any atom is 0.191 e. The van der Waals surface area contributed by atoms with Gasteiger partial charge in [0, 0.05) is 11.8 Å². The van der Waals surface area contributed by atoms with E-state index in [-0.39, 0.29) is 0 Å². The van der Waals surface area contributed by atoms with Crippen molar-refractivity contribution in [2.75, 3.05) is 23.8 Å². The van der Waals surface area contributed by atoms with Gasteiger partial charge in [0.05, 0.1) is 12.2 Å². The number of anilines is 2. The van der Waals surface area contributed by atoms with Gasteiger partial charge in [-0.25, -0.2) is 9.97 Å². The quantitative estimate of drug-likeness (QED) is 0.489. The number of rotatable bonds is 5. The molecule has 0 saturated carbocycles. The SMILES string of the molecule is N#Cc1ccccc1OCCSc1nc(N)cc(N)n1. The molecule has 1 heterocycles. The molecule has 2 aromatic rings. The van der Waals surface area contributed by atoms with Crippen LogP contribution in [0.2, 0.25) is 0 Å². The number of nitrogens with two attached hydrogens (primary N) is 2. The van der Waals surface area contributed by atoms with E-state index in [0.717, 1.165) is 0 Å². The number of benzene rings is 1. The van der Waals surface area contributed by atoms with E-state index in [0.29, 0.717) is 40.5 Å². The second-order valence-electron chi connectivity index (χ2n) is 3.81. The van der Waals surface area contributed by atoms with Gasteiger partial charge < -0.3 is 16.2 Å². The van der Waals surface area contributed by atoms with Crippen LogP contribution in [0.4, 0.5) is 11.6 Å². The van der Waals surface area contributed by atoms with Gasteiger partial charge in [0.15, 0.2) is 5.16 Å². The van der Waals surface area contributed by atoms with Crippen molar-refractivity contribution in [1.29, 1.82) is 5.26 Å². The Kier molecular flexibility index (Phi) is 4.63. The number of aromatic nitrogens is 2. The smallest absolute Gasteiger partial charge is 0.191 e. The summed E-state index contributed by atoms with van der Waals surface area (Å²) in [6.07, 6.45) is 0. The molecule has 0 radical (unpaired) electrons. The third kappa shape index (κ3) is 3.76. The number of nitrogens with zero attached hydrogens (tertiary/aromatic N) is 3. The van der Waals surface area contributed by atoms with Crippen LogP contribution in [0.3, 0.4) is 0 Å². The first-order chi connectivity index (χ1) is 9.69. The highest BCUT2D eigenvalue weighted by atomic mass is 32.2. The number of nitrogen functional groups attached to an aromatic ring is 2. The summed E-state index contributed by atoms with van der Waals surface area (Å²) in [5.41, 5.74) is 11.7. The van der Waals surface area contributed by atoms with E-state index in [4.69, 9.17) is 21.5 Å². The van der Waals surface area contributed by atoms with Gasteiger partial charge in [0.25, 0.3) is 0 Å². The van der Waals surface area contributed by atoms with Gasteiger partial charge in [0.1, 0.15) is 23.5 Å². The van der Waals surface area contributed by atoms with Gasteiger partial charge >= 0.3 is 0 Å². The molecule has 0 fully saturated rings. The van der Waals surface area contributed by atoms with E-state index in [1.807, 2.05) is 6.07 Å². The number of hydrogen-bond acceptors (Lipinski definition) is 7. The minimum Gasteiger partial charge on any atom is -0.491 e. The lowest BCUT2D eigenvalue weighted by atomic mass is 10.2. The minimum absolute atomic E-state index is 0.343. The van der Waals surface area contributed by atoms with Crippen molar-refractivity contribution < 1.29 is 4.74 Å². The summed E-state index contributed by atoms with van der Waals surface area (Å²) in [6.45, 7) is 0.432. The maximum absolute atomic E-state index is 8.93. The van der Waals surface area contributed by atoms with Crippen molar-refractivity contribution in [3.05, 3.63) is 35.9 Å². The standard InChI is InChI=1S/C13H13N5OS/c14-8-9-3-1-2-4-10(9)19-5-6-20-13-17-11(15)7-12(16)18-13/h1-4,7H,5-6H2,(H4,15,16,17,18). The number of thioether (sulfide) groups is 1. The molecule has 0 bridgehead atoms. The topological polar surface area (TPSA) is 111 Å². The first-order valence-electron chi connectivity index (χ1n) is 5.84. The number of nitriles is 1. The summed E-state index contributed by atoms with van der Waals surface area (Å²) < 4.78 is 5.55. The van der Waals surface area contributed by atoms with Gasteiger partial charge in [-0.15, -0.1) is 0 Å². The molecular formula is C13H13N5OS. The molecule has 6 nitrogen and oxygen atoms in total. The molecular weight excluding hydrogens is 274 g/mol. The number of ether oxygens (including phenoxy) is 1. The fourth-order valence-corrected chi connectivity index (χ4v) is 2.19. The molecule has 1 aromatic carbocycles. The zero-order valence-electron chi connectivity index (χ0n) is 10.6. The Labute approximate surface area is 120 Å². The fourth-order valence-electron chi connectivity index (χ4n) is 1.50. The normalized spacial score (nSPS) is 9.95. The van der Waals surface area contributed by atoms with Gasteiger partial charge in [-0.2, -0.15) is 5.26 Å². The van der Waals surface area contributed by atoms with Crippen molar-refractivity contribution >= 4 is 23.4 Å². The predicted molar refractivity (Wildman–Crippen MR) is 78.2 cm³/mol. The zero-order chi connectivity index (χ0) is 14.4. The molecule has 0 spiro atoms. The number of para-hydroxylation sites is 1. The Bertz CT molecular complexity index is 621. The summed E-state index contributed by atoms with van der Waals surface area (Å²) in [5.74, 6) is 1.89. The Morgan fingerprint density at radius 1 is 1.20 bits per heavy atom. The Balaban J connectivity index is 1.86. The lowest BCUT2D eigenvalue weighted by molar-refractivity contribution is 0.343. The molecule has 0 amide bonds. The van der Waals surface area contributed by atoms with E-state index in [1.165, 1.54) is 17.8 Å². The van der Waals surface area contributed by atoms with Crippen molar-refractivity contribution in [3.8, 4) is 11.8 Å². The lowest BCUT2D eigenvalue weighted by Crippen LogP contribution is -2.04. The molecule has 102 valence electrons. The molecule has 0 saturated heterocycles. The van der Waals surface area contributed by atoms with Crippen LogP contribution in [-0.4, -0.2) is 22.3 Å². The largest absolute Gasteiger partial charge is 0.491 e. The summed E-state index contributed by atoms with van der Waals surface area (Å²) in [4.78, 5) is 8.11. The molecule has 0 aliphatic heterocycles. The highest BCUT2D eigenvalue weighted by Gasteiger charge is 2.04. The second kappa shape index (κ2) is 6.63. The third-order valence-electron chi connectivity index (χ3n) is 2.32. The minimum atomic E-state index is 0.343. The van der Waals surface area contributed by atoms with Gasteiger partial charge in [-0.05, 0) is 12.1 Å². The summed E-state index contributed by atoms with van der Waals surface area (Å²) >= 11 is 1.39. The molecule has 0 aliphatic rings. The van der Waals surface area contributed by atoms with E-state index in [2.05, 4.69) is 16.0 Å². The molecule has 4 N–H and O–H groups in total. The van der Waals surface area contributed by atoms with Crippen LogP contribution in [0.5, 0.6) is 5.75 Å². The van der Waals surface area contributed by atoms with Crippen molar-refractivity contribution in [2.24, 2.45) is 0 Å². The molecule has 7 heteroatoms. The van der Waals surface area contributed by atoms with Crippen LogP contribution < -0.4 is 16.2 Å². The van der Waals surface area contributed by atoms with Crippen LogP contribution >= 0.6 is 11.8 Å². The average molecular weight is 287 g/mol. The monoisotopic (exact) mass is 287 g/mol. The highest BCUT2D eigenvalue weighted by Crippen LogP contribution is 2.19. The lowest BCUT2D eigenvalue weighted by Gasteiger charge is -2.07. The predicted octanol–water partition coefficient (Wildman–Crippen LogP) is 1.68. The van der Waals surface area contributed by atoms with Crippen LogP contribution in [0.1, 0.15) is 5.56 Å². The molecule has 0 aliphatic carbocycles. The van der Waals surface area contributed by atoms with Crippen LogP contribution in [0.15, 0.2) is 35.5 Å². The average Bonchev–Trinajstić information content (AvgIpc) is 2.43. The summed E-state index contributed by atoms with van der Waals surface area (Å²) in [7, 11) is 0. The fraction of sp³-hybridized carbons (Fsp3) is 0.154. The van der Waals surface area contributed by atoms with E-state index in [1.54, 1.807) is 18.2 Å². The van der Waals surface area contributed by atoms with E-state index < -0.39 is 0 Å². The number of hydrogen-bond donors (Lipinski definition) is 2. The Morgan fingerprint density at radius 3 is 2.60 bits per heavy atom. The van der Waals surface area contributed by atoms with Gasteiger partial charge in [0.2, 0.25) is 0 Å². The first-order valence-corrected chi connectivity index (χ1v) is 6.82.